The van der Waals surface area contributed by atoms with Crippen molar-refractivity contribution in [3.63, 3.8) is 0 Å². The van der Waals surface area contributed by atoms with Gasteiger partial charge in [-0.1, -0.05) is 17.7 Å². The Labute approximate surface area is 164 Å². The summed E-state index contributed by atoms with van der Waals surface area (Å²) in [5.74, 6) is -1.66. The molecule has 0 aliphatic carbocycles. The highest BCUT2D eigenvalue weighted by Crippen LogP contribution is 2.47. The molecule has 28 heavy (non-hydrogen) atoms. The van der Waals surface area contributed by atoms with Crippen LogP contribution in [0.3, 0.4) is 0 Å². The molecule has 5 nitrogen and oxygen atoms in total. The molecule has 0 saturated carbocycles. The maximum Gasteiger partial charge on any atom is 0.387 e. The summed E-state index contributed by atoms with van der Waals surface area (Å²) in [5.41, 5.74) is -0.0552. The Morgan fingerprint density at radius 3 is 2.89 bits per heavy atom. The molecule has 1 fully saturated rings. The molecular formula is C19H18ClF3N2O3. The minimum absolute atomic E-state index is 0.00760. The van der Waals surface area contributed by atoms with Crippen molar-refractivity contribution in [3.8, 4) is 28.4 Å². The SMILES string of the molecule is Oc1cccc(Cl)c1-c1c(OC(F)F)cc2c(c1F)OCC1CNCCN1C2. The summed E-state index contributed by atoms with van der Waals surface area (Å²) in [6, 6.07) is 5.58. The molecule has 0 spiro atoms. The summed E-state index contributed by atoms with van der Waals surface area (Å²) in [5, 5.41) is 13.5. The van der Waals surface area contributed by atoms with Crippen molar-refractivity contribution in [2.75, 3.05) is 26.2 Å². The number of rotatable bonds is 3. The molecule has 2 aliphatic heterocycles. The maximum absolute atomic E-state index is 15.5. The smallest absolute Gasteiger partial charge is 0.387 e. The number of piperazine rings is 1. The van der Waals surface area contributed by atoms with E-state index in [1.807, 2.05) is 0 Å². The Bertz CT molecular complexity index is 877. The summed E-state index contributed by atoms with van der Waals surface area (Å²) >= 11 is 6.13. The molecule has 0 bridgehead atoms. The quantitative estimate of drug-likeness (QED) is 0.803. The number of ether oxygens (including phenoxy) is 2. The molecule has 1 saturated heterocycles. The number of phenolic OH excluding ortho intramolecular Hbond substituents is 1. The average molecular weight is 415 g/mol. The zero-order valence-corrected chi connectivity index (χ0v) is 15.5. The van der Waals surface area contributed by atoms with Gasteiger partial charge in [-0.05, 0) is 18.2 Å². The minimum atomic E-state index is -3.17. The molecule has 1 unspecified atom stereocenters. The largest absolute Gasteiger partial charge is 0.507 e. The Morgan fingerprint density at radius 2 is 2.14 bits per heavy atom. The van der Waals surface area contributed by atoms with Crippen LogP contribution < -0.4 is 14.8 Å². The van der Waals surface area contributed by atoms with E-state index < -0.39 is 18.2 Å². The highest BCUT2D eigenvalue weighted by atomic mass is 35.5. The highest BCUT2D eigenvalue weighted by molar-refractivity contribution is 6.33. The lowest BCUT2D eigenvalue weighted by molar-refractivity contribution is -0.0496. The molecule has 2 aromatic carbocycles. The van der Waals surface area contributed by atoms with E-state index in [1.54, 1.807) is 0 Å². The highest BCUT2D eigenvalue weighted by Gasteiger charge is 2.32. The molecule has 2 aromatic rings. The first-order chi connectivity index (χ1) is 13.5. The molecule has 0 radical (unpaired) electrons. The monoisotopic (exact) mass is 414 g/mol. The first-order valence-corrected chi connectivity index (χ1v) is 9.19. The predicted molar refractivity (Wildman–Crippen MR) is 97.7 cm³/mol. The van der Waals surface area contributed by atoms with E-state index in [4.69, 9.17) is 16.3 Å². The van der Waals surface area contributed by atoms with Gasteiger partial charge in [-0.2, -0.15) is 8.78 Å². The van der Waals surface area contributed by atoms with Crippen molar-refractivity contribution in [3.05, 3.63) is 40.7 Å². The molecule has 1 atom stereocenters. The summed E-state index contributed by atoms with van der Waals surface area (Å²) in [6.07, 6.45) is 0. The van der Waals surface area contributed by atoms with E-state index in [-0.39, 0.29) is 40.3 Å². The molecule has 4 rings (SSSR count). The second kappa shape index (κ2) is 7.69. The number of hydrogen-bond acceptors (Lipinski definition) is 5. The van der Waals surface area contributed by atoms with Crippen LogP contribution in [0.15, 0.2) is 24.3 Å². The normalized spacial score (nSPS) is 19.5. The molecule has 9 heteroatoms. The van der Waals surface area contributed by atoms with Crippen LogP contribution in [0.4, 0.5) is 13.2 Å². The molecule has 150 valence electrons. The Hall–Kier alpha value is -2.16. The summed E-state index contributed by atoms with van der Waals surface area (Å²) < 4.78 is 51.9. The number of hydrogen-bond donors (Lipinski definition) is 2. The lowest BCUT2D eigenvalue weighted by Crippen LogP contribution is -2.52. The molecule has 2 heterocycles. The first-order valence-electron chi connectivity index (χ1n) is 8.81. The van der Waals surface area contributed by atoms with Gasteiger partial charge < -0.3 is 19.9 Å². The summed E-state index contributed by atoms with van der Waals surface area (Å²) in [6.45, 7) is -0.381. The Morgan fingerprint density at radius 1 is 1.32 bits per heavy atom. The molecule has 2 N–H and O–H groups in total. The lowest BCUT2D eigenvalue weighted by atomic mass is 9.99. The van der Waals surface area contributed by atoms with E-state index in [2.05, 4.69) is 15.0 Å². The third-order valence-corrected chi connectivity index (χ3v) is 5.30. The van der Waals surface area contributed by atoms with E-state index in [0.717, 1.165) is 13.1 Å². The van der Waals surface area contributed by atoms with Crippen molar-refractivity contribution in [1.82, 2.24) is 10.2 Å². The van der Waals surface area contributed by atoms with Crippen molar-refractivity contribution in [1.29, 1.82) is 0 Å². The Kier molecular flexibility index (Phi) is 5.27. The van der Waals surface area contributed by atoms with Gasteiger partial charge in [0.1, 0.15) is 18.1 Å². The van der Waals surface area contributed by atoms with Crippen LogP contribution in [-0.4, -0.2) is 48.9 Å². The van der Waals surface area contributed by atoms with E-state index in [9.17, 15) is 13.9 Å². The number of halogens is 4. The van der Waals surface area contributed by atoms with Crippen molar-refractivity contribution in [2.24, 2.45) is 0 Å². The standard InChI is InChI=1S/C19H18ClF3N2O3/c20-12-2-1-3-13(26)15(12)16-14(28-19(22)23)6-10-8-25-5-4-24-7-11(25)9-27-18(10)17(16)21/h1-3,6,11,19,24,26H,4-5,7-9H2. The lowest BCUT2D eigenvalue weighted by Gasteiger charge is -2.33. The van der Waals surface area contributed by atoms with E-state index in [0.29, 0.717) is 18.7 Å². The number of fused-ring (bicyclic) bond motifs is 2. The zero-order valence-electron chi connectivity index (χ0n) is 14.7. The van der Waals surface area contributed by atoms with E-state index >= 15 is 4.39 Å². The van der Waals surface area contributed by atoms with Crippen molar-refractivity contribution >= 4 is 11.6 Å². The van der Waals surface area contributed by atoms with Gasteiger partial charge in [-0.3, -0.25) is 4.90 Å². The van der Waals surface area contributed by atoms with Crippen LogP contribution in [0, 0.1) is 5.82 Å². The molecule has 0 aromatic heterocycles. The van der Waals surface area contributed by atoms with Gasteiger partial charge in [0.05, 0.1) is 16.6 Å². The van der Waals surface area contributed by atoms with Gasteiger partial charge in [-0.15, -0.1) is 0 Å². The summed E-state index contributed by atoms with van der Waals surface area (Å²) in [4.78, 5) is 2.11. The van der Waals surface area contributed by atoms with Gasteiger partial charge in [-0.25, -0.2) is 4.39 Å². The number of nitrogens with zero attached hydrogens (tertiary/aromatic N) is 1. The van der Waals surface area contributed by atoms with Crippen molar-refractivity contribution in [2.45, 2.75) is 19.2 Å². The molecule has 2 aliphatic rings. The fourth-order valence-corrected chi connectivity index (χ4v) is 3.95. The number of aromatic hydroxyl groups is 1. The number of benzene rings is 2. The third-order valence-electron chi connectivity index (χ3n) is 4.99. The first kappa shape index (κ1) is 19.2. The Balaban J connectivity index is 1.88. The molecular weight excluding hydrogens is 397 g/mol. The van der Waals surface area contributed by atoms with Crippen LogP contribution in [0.2, 0.25) is 5.02 Å². The number of phenols is 1. The van der Waals surface area contributed by atoms with Gasteiger partial charge in [0.2, 0.25) is 0 Å². The van der Waals surface area contributed by atoms with Crippen LogP contribution in [-0.2, 0) is 6.54 Å². The molecule has 0 amide bonds. The average Bonchev–Trinajstić information content (AvgIpc) is 2.82. The predicted octanol–water partition coefficient (Wildman–Crippen LogP) is 3.62. The number of alkyl halides is 2. The zero-order chi connectivity index (χ0) is 19.8. The second-order valence-electron chi connectivity index (χ2n) is 6.70. The van der Waals surface area contributed by atoms with Crippen LogP contribution in [0.1, 0.15) is 5.56 Å². The second-order valence-corrected chi connectivity index (χ2v) is 7.11. The van der Waals surface area contributed by atoms with Crippen LogP contribution >= 0.6 is 11.6 Å². The van der Waals surface area contributed by atoms with E-state index in [1.165, 1.54) is 24.3 Å². The summed E-state index contributed by atoms with van der Waals surface area (Å²) in [7, 11) is 0. The van der Waals surface area contributed by atoms with Gasteiger partial charge in [0.25, 0.3) is 0 Å². The van der Waals surface area contributed by atoms with Crippen molar-refractivity contribution < 1.29 is 27.8 Å². The van der Waals surface area contributed by atoms with Gasteiger partial charge in [0.15, 0.2) is 11.6 Å². The van der Waals surface area contributed by atoms with Gasteiger partial charge in [0, 0.05) is 37.3 Å². The van der Waals surface area contributed by atoms with Crippen LogP contribution in [0.5, 0.6) is 17.2 Å². The fraction of sp³-hybridized carbons (Fsp3) is 0.368. The number of nitrogens with one attached hydrogen (secondary N) is 1. The maximum atomic E-state index is 15.5. The fourth-order valence-electron chi connectivity index (χ4n) is 3.69. The van der Waals surface area contributed by atoms with Gasteiger partial charge >= 0.3 is 6.61 Å². The minimum Gasteiger partial charge on any atom is -0.507 e. The topological polar surface area (TPSA) is 54.0 Å². The van der Waals surface area contributed by atoms with Crippen LogP contribution in [0.25, 0.3) is 11.1 Å². The third kappa shape index (κ3) is 3.47.